The molecule has 0 fully saturated rings. The van der Waals surface area contributed by atoms with Gasteiger partial charge in [-0.25, -0.2) is 0 Å². The van der Waals surface area contributed by atoms with Crippen molar-refractivity contribution in [2.75, 3.05) is 0 Å². The topological polar surface area (TPSA) is 34.1 Å². The highest BCUT2D eigenvalue weighted by Gasteiger charge is 2.16. The van der Waals surface area contributed by atoms with Gasteiger partial charge in [0, 0.05) is 21.5 Å². The van der Waals surface area contributed by atoms with Gasteiger partial charge in [-0.2, -0.15) is 0 Å². The van der Waals surface area contributed by atoms with E-state index in [1.54, 1.807) is 0 Å². The second kappa shape index (κ2) is 4.30. The van der Waals surface area contributed by atoms with Crippen LogP contribution in [-0.2, 0) is 0 Å². The SMILES string of the molecule is Cc1ccc2c(c1)c(=O)c1cc3c(cc12)c(=O)c1cc(C)ccc13. The molecule has 0 aliphatic heterocycles. The highest BCUT2D eigenvalue weighted by Crippen LogP contribution is 2.32. The van der Waals surface area contributed by atoms with Crippen molar-refractivity contribution < 1.29 is 0 Å². The molecule has 0 bridgehead atoms. The maximum Gasteiger partial charge on any atom is 0.194 e. The molecule has 0 saturated carbocycles. The maximum atomic E-state index is 12.8. The zero-order valence-corrected chi connectivity index (χ0v) is 13.4. The lowest BCUT2D eigenvalue weighted by Gasteiger charge is -1.96. The lowest BCUT2D eigenvalue weighted by atomic mass is 10.1. The molecule has 0 aliphatic carbocycles. The van der Waals surface area contributed by atoms with Gasteiger partial charge in [0.25, 0.3) is 0 Å². The fourth-order valence-corrected chi connectivity index (χ4v) is 3.87. The Bertz CT molecular complexity index is 1290. The molecule has 0 heterocycles. The van der Waals surface area contributed by atoms with Crippen molar-refractivity contribution in [2.24, 2.45) is 0 Å². The van der Waals surface area contributed by atoms with E-state index in [1.165, 1.54) is 0 Å². The molecule has 2 heteroatoms. The van der Waals surface area contributed by atoms with Crippen LogP contribution in [0.15, 0.2) is 58.1 Å². The summed E-state index contributed by atoms with van der Waals surface area (Å²) in [6.45, 7) is 3.97. The van der Waals surface area contributed by atoms with E-state index >= 15 is 0 Å². The Labute approximate surface area is 137 Å². The summed E-state index contributed by atoms with van der Waals surface area (Å²) in [7, 11) is 0. The second-order valence-corrected chi connectivity index (χ2v) is 6.70. The van der Waals surface area contributed by atoms with Crippen LogP contribution in [0.3, 0.4) is 0 Å². The summed E-state index contributed by atoms with van der Waals surface area (Å²) in [4.78, 5) is 25.6. The summed E-state index contributed by atoms with van der Waals surface area (Å²) in [6, 6.07) is 15.7. The van der Waals surface area contributed by atoms with Crippen molar-refractivity contribution in [3.05, 3.63) is 80.1 Å². The molecule has 5 rings (SSSR count). The van der Waals surface area contributed by atoms with Gasteiger partial charge in [-0.15, -0.1) is 0 Å². The van der Waals surface area contributed by atoms with Gasteiger partial charge in [0.2, 0.25) is 0 Å². The number of benzene rings is 3. The normalized spacial score (nSPS) is 12.1. The van der Waals surface area contributed by atoms with Crippen LogP contribution in [0, 0.1) is 13.8 Å². The molecule has 0 saturated heterocycles. The van der Waals surface area contributed by atoms with Crippen molar-refractivity contribution in [3.63, 3.8) is 0 Å². The van der Waals surface area contributed by atoms with Crippen LogP contribution in [0.4, 0.5) is 0 Å². The molecule has 0 spiro atoms. The second-order valence-electron chi connectivity index (χ2n) is 6.70. The van der Waals surface area contributed by atoms with Crippen LogP contribution < -0.4 is 10.9 Å². The third-order valence-corrected chi connectivity index (χ3v) is 5.07. The summed E-state index contributed by atoms with van der Waals surface area (Å²) < 4.78 is 0. The molecule has 0 unspecified atom stereocenters. The first-order chi connectivity index (χ1) is 11.5. The Morgan fingerprint density at radius 3 is 1.25 bits per heavy atom. The van der Waals surface area contributed by atoms with Gasteiger partial charge in [0.1, 0.15) is 0 Å². The van der Waals surface area contributed by atoms with Crippen LogP contribution >= 0.6 is 0 Å². The Hall–Kier alpha value is -3.00. The number of hydrogen-bond donors (Lipinski definition) is 0. The standard InChI is InChI=1S/C22H14O2/c1-11-3-5-13-15-9-20-16(10-19(15)21(23)17(13)7-11)14-6-4-12(2)8-18(14)22(20)24/h3-10H,1-2H3. The van der Waals surface area contributed by atoms with Crippen LogP contribution in [0.5, 0.6) is 0 Å². The first kappa shape index (κ1) is 13.4. The summed E-state index contributed by atoms with van der Waals surface area (Å²) in [5.74, 6) is 0. The van der Waals surface area contributed by atoms with Crippen molar-refractivity contribution >= 4 is 43.1 Å². The third-order valence-electron chi connectivity index (χ3n) is 5.07. The summed E-state index contributed by atoms with van der Waals surface area (Å²) in [5, 5.41) is 6.52. The van der Waals surface area contributed by atoms with Crippen molar-refractivity contribution in [3.8, 4) is 0 Å². The first-order valence-corrected chi connectivity index (χ1v) is 8.04. The maximum absolute atomic E-state index is 12.8. The lowest BCUT2D eigenvalue weighted by Crippen LogP contribution is -1.95. The lowest BCUT2D eigenvalue weighted by molar-refractivity contribution is 1.51. The smallest absolute Gasteiger partial charge is 0.194 e. The fourth-order valence-electron chi connectivity index (χ4n) is 3.87. The molecule has 0 atom stereocenters. The predicted octanol–water partition coefficient (Wildman–Crippen LogP) is 4.51. The van der Waals surface area contributed by atoms with Crippen molar-refractivity contribution in [1.82, 2.24) is 0 Å². The van der Waals surface area contributed by atoms with E-state index in [2.05, 4.69) is 0 Å². The van der Waals surface area contributed by atoms with Gasteiger partial charge in [-0.1, -0.05) is 35.4 Å². The van der Waals surface area contributed by atoms with Gasteiger partial charge in [-0.3, -0.25) is 9.59 Å². The molecule has 2 nitrogen and oxygen atoms in total. The monoisotopic (exact) mass is 310 g/mol. The molecule has 0 aliphatic rings. The molecule has 0 radical (unpaired) electrons. The third kappa shape index (κ3) is 1.55. The minimum atomic E-state index is 0.0551. The zero-order chi connectivity index (χ0) is 16.6. The van der Waals surface area contributed by atoms with E-state index in [0.717, 1.165) is 43.4 Å². The van der Waals surface area contributed by atoms with Gasteiger partial charge in [-0.05, 0) is 59.7 Å². The zero-order valence-electron chi connectivity index (χ0n) is 13.4. The van der Waals surface area contributed by atoms with E-state index < -0.39 is 0 Å². The molecular weight excluding hydrogens is 296 g/mol. The molecule has 5 aromatic carbocycles. The number of rotatable bonds is 0. The summed E-state index contributed by atoms with van der Waals surface area (Å²) in [6.07, 6.45) is 0. The Balaban J connectivity index is 2.08. The van der Waals surface area contributed by atoms with Gasteiger partial charge < -0.3 is 0 Å². The van der Waals surface area contributed by atoms with E-state index in [9.17, 15) is 9.59 Å². The Morgan fingerprint density at radius 2 is 0.833 bits per heavy atom. The Morgan fingerprint density at radius 1 is 0.458 bits per heavy atom. The van der Waals surface area contributed by atoms with Crippen LogP contribution in [0.2, 0.25) is 0 Å². The van der Waals surface area contributed by atoms with E-state index in [0.29, 0.717) is 10.8 Å². The minimum absolute atomic E-state index is 0.0551. The largest absolute Gasteiger partial charge is 0.289 e. The first-order valence-electron chi connectivity index (χ1n) is 8.04. The molecule has 0 N–H and O–H groups in total. The fraction of sp³-hybridized carbons (Fsp3) is 0.0909. The average Bonchev–Trinajstić information content (AvgIpc) is 2.99. The van der Waals surface area contributed by atoms with Crippen molar-refractivity contribution in [2.45, 2.75) is 13.8 Å². The van der Waals surface area contributed by atoms with E-state index in [1.807, 2.05) is 62.4 Å². The van der Waals surface area contributed by atoms with Crippen LogP contribution in [-0.4, -0.2) is 0 Å². The van der Waals surface area contributed by atoms with E-state index in [4.69, 9.17) is 0 Å². The molecule has 0 aromatic heterocycles. The molecule has 5 aromatic rings. The molecule has 0 amide bonds. The number of fused-ring (bicyclic) bond motifs is 6. The number of hydrogen-bond acceptors (Lipinski definition) is 2. The Kier molecular flexibility index (Phi) is 2.41. The predicted molar refractivity (Wildman–Crippen MR) is 101 cm³/mol. The molecule has 24 heavy (non-hydrogen) atoms. The summed E-state index contributed by atoms with van der Waals surface area (Å²) in [5.41, 5.74) is 2.25. The number of aryl methyl sites for hydroxylation is 2. The van der Waals surface area contributed by atoms with Crippen LogP contribution in [0.25, 0.3) is 43.1 Å². The van der Waals surface area contributed by atoms with Gasteiger partial charge >= 0.3 is 0 Å². The average molecular weight is 310 g/mol. The highest BCUT2D eigenvalue weighted by molar-refractivity contribution is 6.21. The quantitative estimate of drug-likeness (QED) is 0.421. The minimum Gasteiger partial charge on any atom is -0.289 e. The molecule has 114 valence electrons. The molecular formula is C22H14O2. The summed E-state index contributed by atoms with van der Waals surface area (Å²) >= 11 is 0. The van der Waals surface area contributed by atoms with Gasteiger partial charge in [0.15, 0.2) is 10.9 Å². The highest BCUT2D eigenvalue weighted by atomic mass is 16.1. The van der Waals surface area contributed by atoms with Crippen molar-refractivity contribution in [1.29, 1.82) is 0 Å². The van der Waals surface area contributed by atoms with E-state index in [-0.39, 0.29) is 10.9 Å². The van der Waals surface area contributed by atoms with Gasteiger partial charge in [0.05, 0.1) is 0 Å². The van der Waals surface area contributed by atoms with Crippen LogP contribution in [0.1, 0.15) is 11.1 Å².